The smallest absolute Gasteiger partial charge is 0.471 e. The van der Waals surface area contributed by atoms with Gasteiger partial charge >= 0.3 is 12.1 Å². The lowest BCUT2D eigenvalue weighted by Crippen LogP contribution is -2.65. The van der Waals surface area contributed by atoms with E-state index >= 15 is 0 Å². The van der Waals surface area contributed by atoms with E-state index in [1.807, 2.05) is 12.1 Å². The van der Waals surface area contributed by atoms with E-state index in [0.29, 0.717) is 74.0 Å². The number of aliphatic hydroxyl groups is 4. The van der Waals surface area contributed by atoms with Gasteiger partial charge in [-0.3, -0.25) is 19.2 Å². The number of fused-ring (bicyclic) bond motifs is 5. The first-order chi connectivity index (χ1) is 47.3. The number of hydrogen-bond acceptors (Lipinski definition) is 27. The minimum atomic E-state index is -5.20. The van der Waals surface area contributed by atoms with Crippen LogP contribution in [0.4, 0.5) is 17.6 Å². The lowest BCUT2D eigenvalue weighted by molar-refractivity contribution is -0.341. The van der Waals surface area contributed by atoms with Gasteiger partial charge in [0.05, 0.1) is 186 Å². The molecule has 98 heavy (non-hydrogen) atoms. The summed E-state index contributed by atoms with van der Waals surface area (Å²) in [5.41, 5.74) is -0.641. The molecule has 10 atom stereocenters. The zero-order valence-electron chi connectivity index (χ0n) is 53.8. The highest BCUT2D eigenvalue weighted by atomic mass is 19.4. The van der Waals surface area contributed by atoms with E-state index in [-0.39, 0.29) is 175 Å². The number of nitrogens with zero attached hydrogens (tertiary/aromatic N) is 4. The van der Waals surface area contributed by atoms with Crippen molar-refractivity contribution in [3.05, 3.63) is 60.5 Å². The van der Waals surface area contributed by atoms with Gasteiger partial charge < -0.3 is 98.9 Å². The van der Waals surface area contributed by atoms with Gasteiger partial charge in [-0.2, -0.15) is 13.2 Å². The van der Waals surface area contributed by atoms with E-state index in [1.165, 1.54) is 16.8 Å². The minimum Gasteiger partial charge on any atom is -0.505 e. The number of amides is 4. The average molecular weight is 1400 g/mol. The lowest BCUT2D eigenvalue weighted by Gasteiger charge is -2.40. The number of halogens is 4. The Morgan fingerprint density at radius 2 is 1.21 bits per heavy atom. The highest BCUT2D eigenvalue weighted by Crippen LogP contribution is 2.42. The van der Waals surface area contributed by atoms with Crippen LogP contribution in [0.2, 0.25) is 0 Å². The van der Waals surface area contributed by atoms with Gasteiger partial charge in [-0.25, -0.2) is 33.6 Å². The molecule has 4 aliphatic rings. The molecule has 2 saturated carbocycles. The van der Waals surface area contributed by atoms with E-state index in [2.05, 4.69) is 31.2 Å². The van der Waals surface area contributed by atoms with Crippen LogP contribution in [0.15, 0.2) is 54.7 Å². The molecule has 0 radical (unpaired) electrons. The van der Waals surface area contributed by atoms with Gasteiger partial charge in [0.1, 0.15) is 35.9 Å². The van der Waals surface area contributed by atoms with E-state index in [0.717, 1.165) is 11.5 Å². The monoisotopic (exact) mass is 1400 g/mol. The van der Waals surface area contributed by atoms with Gasteiger partial charge in [0, 0.05) is 63.1 Å². The summed E-state index contributed by atoms with van der Waals surface area (Å²) in [4.78, 5) is 75.2. The van der Waals surface area contributed by atoms with Crippen molar-refractivity contribution < 1.29 is 134 Å². The zero-order chi connectivity index (χ0) is 69.8. The summed E-state index contributed by atoms with van der Waals surface area (Å²) in [5.74, 6) is -3.87. The molecule has 4 fully saturated rings. The van der Waals surface area contributed by atoms with E-state index < -0.39 is 77.5 Å². The van der Waals surface area contributed by atoms with E-state index in [9.17, 15) is 62.3 Å². The van der Waals surface area contributed by atoms with Crippen molar-refractivity contribution in [2.75, 3.05) is 152 Å². The summed E-state index contributed by atoms with van der Waals surface area (Å²) in [6.45, 7) is 3.79. The Hall–Kier alpha value is -6.53. The van der Waals surface area contributed by atoms with Crippen molar-refractivity contribution in [2.45, 2.75) is 111 Å². The first-order valence-corrected chi connectivity index (χ1v) is 32.2. The first-order valence-electron chi connectivity index (χ1n) is 32.2. The van der Waals surface area contributed by atoms with E-state index in [4.69, 9.17) is 71.7 Å². The van der Waals surface area contributed by atoms with Gasteiger partial charge in [0.25, 0.3) is 0 Å². The summed E-state index contributed by atoms with van der Waals surface area (Å²) in [7, 11) is 0. The molecule has 2 aliphatic heterocycles. The Labute approximate surface area is 560 Å². The predicted molar refractivity (Wildman–Crippen MR) is 327 cm³/mol. The molecule has 2 aromatic heterocycles. The van der Waals surface area contributed by atoms with Crippen LogP contribution >= 0.6 is 0 Å². The summed E-state index contributed by atoms with van der Waals surface area (Å²) >= 11 is 0. The van der Waals surface area contributed by atoms with Gasteiger partial charge in [0.2, 0.25) is 17.7 Å². The number of rotatable bonds is 47. The number of aromatic nitrogens is 4. The molecule has 1 unspecified atom stereocenters. The third-order valence-corrected chi connectivity index (χ3v) is 15.8. The first kappa shape index (κ1) is 77.2. The Kier molecular flexibility index (Phi) is 31.1. The van der Waals surface area contributed by atoms with Crippen LogP contribution in [0.1, 0.15) is 44.9 Å². The molecule has 4 heterocycles. The molecule has 4 amide bonds. The van der Waals surface area contributed by atoms with Crippen molar-refractivity contribution in [1.82, 2.24) is 41.2 Å². The van der Waals surface area contributed by atoms with Gasteiger partial charge in [-0.05, 0) is 42.8 Å². The number of aliphatic hydroxyl groups excluding tert-OH is 4. The van der Waals surface area contributed by atoms with Gasteiger partial charge in [-0.15, -0.1) is 5.10 Å². The predicted octanol–water partition coefficient (Wildman–Crippen LogP) is -0.0238. The summed E-state index contributed by atoms with van der Waals surface area (Å²) in [5, 5.41) is 70.0. The van der Waals surface area contributed by atoms with Crippen molar-refractivity contribution in [2.24, 2.45) is 0 Å². The number of pyridine rings is 1. The molecule has 2 saturated heterocycles. The van der Waals surface area contributed by atoms with Crippen LogP contribution in [0, 0.1) is 5.82 Å². The van der Waals surface area contributed by atoms with Crippen LogP contribution < -0.4 is 26.0 Å². The number of carbonyl (C=O) groups is 4. The van der Waals surface area contributed by atoms with Gasteiger partial charge in [-0.1, -0.05) is 11.3 Å². The minimum absolute atomic E-state index is 0.00215. The zero-order valence-corrected chi connectivity index (χ0v) is 53.8. The number of alkyl halides is 3. The molecule has 546 valence electrons. The van der Waals surface area contributed by atoms with E-state index in [1.54, 1.807) is 29.7 Å². The third kappa shape index (κ3) is 24.1. The molecule has 8 rings (SSSR count). The largest absolute Gasteiger partial charge is 0.505 e. The number of carbonyl (C=O) groups excluding carboxylic acids is 4. The highest BCUT2D eigenvalue weighted by Gasteiger charge is 2.61. The fraction of sp³-hybridized carbons (Fsp3) is 0.661. The maximum Gasteiger partial charge on any atom is 0.471 e. The van der Waals surface area contributed by atoms with Crippen LogP contribution in [-0.2, 0) is 86.1 Å². The van der Waals surface area contributed by atoms with Crippen LogP contribution in [0.3, 0.4) is 0 Å². The second-order valence-corrected chi connectivity index (χ2v) is 23.3. The average Bonchev–Trinajstić information content (AvgIpc) is 1.66. The summed E-state index contributed by atoms with van der Waals surface area (Å²) in [6.07, 6.45) is -9.50. The van der Waals surface area contributed by atoms with Crippen LogP contribution in [0.25, 0.3) is 28.0 Å². The number of aromatic hydroxyl groups is 1. The Balaban J connectivity index is 0.652. The summed E-state index contributed by atoms with van der Waals surface area (Å²) < 4.78 is 115. The molecular weight excluding hydrogens is 1320 g/mol. The number of nitrogens with one attached hydrogen (secondary N) is 4. The quantitative estimate of drug-likeness (QED) is 0.0159. The number of benzene rings is 2. The van der Waals surface area contributed by atoms with Crippen molar-refractivity contribution in [3.8, 4) is 28.6 Å². The van der Waals surface area contributed by atoms with Crippen molar-refractivity contribution in [1.29, 1.82) is 0 Å². The number of ether oxygens (including phenoxy) is 11. The SMILES string of the molecule is O=C(CCOCC(COCCC(=O)NCCOCCOCCOCCOC[C@@]12C[C@@H](C[C@@H](O)[C@H]1O)OO2)NC(=O)CCCOc1ccc2nc(-c3cn(-c4ccc(O)c(F)c4)nn3)ccc2c1)NCCOCCOCCOCCOC[C@]12C[C@H](OO1)[C@H](NC(=O)C(F)(F)F)[C@@H](O)[C@H]2O. The molecule has 2 aliphatic carbocycles. The maximum atomic E-state index is 14.0. The Morgan fingerprint density at radius 3 is 1.82 bits per heavy atom. The lowest BCUT2D eigenvalue weighted by atomic mass is 9.77. The fourth-order valence-corrected chi connectivity index (χ4v) is 10.7. The second-order valence-electron chi connectivity index (χ2n) is 23.3. The number of phenolic OH excluding ortho intramolecular Hbond substituents is 1. The molecule has 4 bridgehead atoms. The van der Waals surface area contributed by atoms with Crippen LogP contribution in [-0.4, -0.2) is 287 Å². The fourth-order valence-electron chi connectivity index (χ4n) is 10.7. The van der Waals surface area contributed by atoms with Crippen LogP contribution in [0.5, 0.6) is 11.5 Å². The number of phenols is 1. The molecule has 9 N–H and O–H groups in total. The molecule has 2 aromatic carbocycles. The summed E-state index contributed by atoms with van der Waals surface area (Å²) in [6, 6.07) is 10.6. The molecule has 4 aromatic rings. The molecular formula is C62H86F4N8O24. The Bertz CT molecular complexity index is 3110. The van der Waals surface area contributed by atoms with Crippen molar-refractivity contribution >= 4 is 34.5 Å². The third-order valence-electron chi connectivity index (χ3n) is 15.8. The standard InChI is InChI=1S/C62H86F4N8O24/c63-45-31-42(4-8-49(45)75)74-35-48(72-73-74)47-6-3-40-30-43(5-7-46(40)70-47)94-13-1-2-54(79)69-41(36-90-14-9-52(77)67-11-16-84-18-20-86-22-24-88-26-28-92-38-60-33-44(95-97-60)32-50(76)57(60)81)37-91-15-10-53(78)68-12-17-85-19-21-87-23-25-89-27-29-93-39-61-34-51(96-98-61)55(56(80)58(61)82)71-59(83)62(64,65)66/h3-8,30-31,35,41,44,50-51,55-58,75-76,80-82H,1-2,9-29,32-34,36-39H2,(H,67,77)(H,68,78)(H,69,79)(H,71,83)/t41?,44-,50-,51+,55+,56-,57-,58-,60+,61+/m1/s1. The normalized spacial score (nSPS) is 23.0. The topological polar surface area (TPSA) is 400 Å². The number of hydrogen-bond donors (Lipinski definition) is 9. The molecule has 32 nitrogen and oxygen atoms in total. The van der Waals surface area contributed by atoms with Crippen molar-refractivity contribution in [3.63, 3.8) is 0 Å². The second kappa shape index (κ2) is 39.5. The Morgan fingerprint density at radius 1 is 0.633 bits per heavy atom. The van der Waals surface area contributed by atoms with Gasteiger partial charge in [0.15, 0.2) is 22.8 Å². The maximum absolute atomic E-state index is 14.0. The molecule has 36 heteroatoms. The molecule has 0 spiro atoms. The highest BCUT2D eigenvalue weighted by molar-refractivity contribution is 5.83.